The average Bonchev–Trinajstić information content (AvgIpc) is 2.66. The smallest absolute Gasteiger partial charge is 0.268 e. The molecule has 0 saturated heterocycles. The van der Waals surface area contributed by atoms with Crippen LogP contribution in [0.25, 0.3) is 0 Å². The molecule has 0 fully saturated rings. The maximum atomic E-state index is 12.3. The highest BCUT2D eigenvalue weighted by Crippen LogP contribution is 2.30. The van der Waals surface area contributed by atoms with Crippen LogP contribution < -0.4 is 4.90 Å². The Kier molecular flexibility index (Phi) is 2.85. The fourth-order valence-electron chi connectivity index (χ4n) is 2.11. The van der Waals surface area contributed by atoms with Crippen molar-refractivity contribution in [3.63, 3.8) is 0 Å². The molecular weight excluding hydrogens is 355 g/mol. The molecule has 3 rings (SSSR count). The van der Waals surface area contributed by atoms with Crippen LogP contribution in [0.15, 0.2) is 36.5 Å². The standard InChI is InChI=1S/C14H9IN2O2/c1-8-4-5-9(15)7-11(8)17-13(18)10-3-2-6-16-12(10)14(17)19/h2-7H,1H3. The molecule has 0 atom stereocenters. The minimum Gasteiger partial charge on any atom is -0.268 e. The van der Waals surface area contributed by atoms with Crippen molar-refractivity contribution >= 4 is 40.1 Å². The summed E-state index contributed by atoms with van der Waals surface area (Å²) in [5.74, 6) is -0.663. The lowest BCUT2D eigenvalue weighted by Crippen LogP contribution is -2.30. The molecule has 1 aliphatic rings. The zero-order valence-electron chi connectivity index (χ0n) is 10.1. The number of aromatic nitrogens is 1. The van der Waals surface area contributed by atoms with Crippen molar-refractivity contribution in [2.24, 2.45) is 0 Å². The van der Waals surface area contributed by atoms with E-state index in [4.69, 9.17) is 0 Å². The quantitative estimate of drug-likeness (QED) is 0.578. The van der Waals surface area contributed by atoms with Crippen LogP contribution in [0.2, 0.25) is 0 Å². The first-order valence-electron chi connectivity index (χ1n) is 5.69. The van der Waals surface area contributed by atoms with Crippen LogP contribution in [0.5, 0.6) is 0 Å². The maximum absolute atomic E-state index is 12.3. The number of anilines is 1. The normalized spacial score (nSPS) is 13.9. The summed E-state index contributed by atoms with van der Waals surface area (Å²) in [6.07, 6.45) is 1.52. The molecule has 1 aliphatic heterocycles. The SMILES string of the molecule is Cc1ccc(I)cc1N1C(=O)c2cccnc2C1=O. The maximum Gasteiger partial charge on any atom is 0.284 e. The van der Waals surface area contributed by atoms with Gasteiger partial charge in [-0.15, -0.1) is 0 Å². The Balaban J connectivity index is 2.17. The number of halogens is 1. The van der Waals surface area contributed by atoms with Gasteiger partial charge in [0.25, 0.3) is 11.8 Å². The molecule has 0 unspecified atom stereocenters. The summed E-state index contributed by atoms with van der Waals surface area (Å²) in [5, 5.41) is 0. The topological polar surface area (TPSA) is 50.3 Å². The van der Waals surface area contributed by atoms with Gasteiger partial charge in [0.15, 0.2) is 0 Å². The number of fused-ring (bicyclic) bond motifs is 1. The highest BCUT2D eigenvalue weighted by atomic mass is 127. The summed E-state index contributed by atoms with van der Waals surface area (Å²) in [7, 11) is 0. The molecule has 0 N–H and O–H groups in total. The second-order valence-electron chi connectivity index (χ2n) is 4.28. The van der Waals surface area contributed by atoms with Gasteiger partial charge in [0.2, 0.25) is 0 Å². The first kappa shape index (κ1) is 12.3. The Bertz CT molecular complexity index is 677. The molecule has 0 bridgehead atoms. The number of hydrogen-bond acceptors (Lipinski definition) is 3. The van der Waals surface area contributed by atoms with Gasteiger partial charge < -0.3 is 0 Å². The Morgan fingerprint density at radius 2 is 1.95 bits per heavy atom. The minimum absolute atomic E-state index is 0.228. The van der Waals surface area contributed by atoms with Crippen LogP contribution >= 0.6 is 22.6 Å². The van der Waals surface area contributed by atoms with Gasteiger partial charge in [0.1, 0.15) is 5.69 Å². The first-order valence-corrected chi connectivity index (χ1v) is 6.77. The lowest BCUT2D eigenvalue weighted by atomic mass is 10.2. The third-order valence-corrected chi connectivity index (χ3v) is 3.73. The molecule has 0 aliphatic carbocycles. The summed E-state index contributed by atoms with van der Waals surface area (Å²) >= 11 is 2.16. The molecule has 19 heavy (non-hydrogen) atoms. The van der Waals surface area contributed by atoms with Crippen molar-refractivity contribution in [2.75, 3.05) is 4.90 Å². The number of nitrogens with zero attached hydrogens (tertiary/aromatic N) is 2. The highest BCUT2D eigenvalue weighted by Gasteiger charge is 2.38. The number of carbonyl (C=O) groups is 2. The lowest BCUT2D eigenvalue weighted by molar-refractivity contribution is 0.0924. The number of pyridine rings is 1. The van der Waals surface area contributed by atoms with Crippen LogP contribution in [0, 0.1) is 10.5 Å². The average molecular weight is 364 g/mol. The van der Waals surface area contributed by atoms with E-state index in [0.717, 1.165) is 9.13 Å². The molecular formula is C14H9IN2O2. The second-order valence-corrected chi connectivity index (χ2v) is 5.52. The number of benzene rings is 1. The van der Waals surface area contributed by atoms with Crippen LogP contribution in [-0.2, 0) is 0 Å². The van der Waals surface area contributed by atoms with E-state index in [1.165, 1.54) is 11.1 Å². The van der Waals surface area contributed by atoms with E-state index < -0.39 is 0 Å². The Hall–Kier alpha value is -1.76. The fourth-order valence-corrected chi connectivity index (χ4v) is 2.58. The number of hydrogen-bond donors (Lipinski definition) is 0. The number of imide groups is 1. The number of amides is 2. The molecule has 0 spiro atoms. The van der Waals surface area contributed by atoms with E-state index in [1.807, 2.05) is 25.1 Å². The van der Waals surface area contributed by atoms with E-state index in [1.54, 1.807) is 12.1 Å². The molecule has 2 heterocycles. The number of carbonyl (C=O) groups excluding carboxylic acids is 2. The van der Waals surface area contributed by atoms with Gasteiger partial charge in [-0.3, -0.25) is 14.6 Å². The molecule has 0 saturated carbocycles. The summed E-state index contributed by atoms with van der Waals surface area (Å²) in [6, 6.07) is 8.96. The van der Waals surface area contributed by atoms with Gasteiger partial charge in [-0.05, 0) is 59.3 Å². The monoisotopic (exact) mass is 364 g/mol. The Morgan fingerprint density at radius 1 is 1.16 bits per heavy atom. The van der Waals surface area contributed by atoms with Gasteiger partial charge >= 0.3 is 0 Å². The third kappa shape index (κ3) is 1.85. The largest absolute Gasteiger partial charge is 0.284 e. The van der Waals surface area contributed by atoms with E-state index in [-0.39, 0.29) is 17.5 Å². The summed E-state index contributed by atoms with van der Waals surface area (Å²) in [5.41, 5.74) is 2.10. The number of aryl methyl sites for hydroxylation is 1. The van der Waals surface area contributed by atoms with Gasteiger partial charge in [-0.25, -0.2) is 4.90 Å². The van der Waals surface area contributed by atoms with Crippen LogP contribution in [0.4, 0.5) is 5.69 Å². The zero-order chi connectivity index (χ0) is 13.6. The fraction of sp³-hybridized carbons (Fsp3) is 0.0714. The molecule has 0 radical (unpaired) electrons. The Morgan fingerprint density at radius 3 is 2.68 bits per heavy atom. The molecule has 4 nitrogen and oxygen atoms in total. The molecule has 94 valence electrons. The highest BCUT2D eigenvalue weighted by molar-refractivity contribution is 14.1. The third-order valence-electron chi connectivity index (χ3n) is 3.06. The second kappa shape index (κ2) is 4.41. The van der Waals surface area contributed by atoms with E-state index in [2.05, 4.69) is 27.6 Å². The van der Waals surface area contributed by atoms with Crippen molar-refractivity contribution in [2.45, 2.75) is 6.92 Å². The van der Waals surface area contributed by atoms with Gasteiger partial charge in [-0.1, -0.05) is 6.07 Å². The minimum atomic E-state index is -0.356. The summed E-state index contributed by atoms with van der Waals surface area (Å²) < 4.78 is 0.975. The summed E-state index contributed by atoms with van der Waals surface area (Å²) in [6.45, 7) is 1.88. The van der Waals surface area contributed by atoms with Crippen LogP contribution in [0.3, 0.4) is 0 Å². The molecule has 2 amide bonds. The Labute approximate surface area is 123 Å². The predicted octanol–water partition coefficient (Wildman–Crippen LogP) is 2.80. The molecule has 5 heteroatoms. The molecule has 1 aromatic heterocycles. The van der Waals surface area contributed by atoms with Crippen molar-refractivity contribution in [1.29, 1.82) is 0 Å². The lowest BCUT2D eigenvalue weighted by Gasteiger charge is -2.16. The molecule has 1 aromatic carbocycles. The van der Waals surface area contributed by atoms with Crippen LogP contribution in [-0.4, -0.2) is 16.8 Å². The van der Waals surface area contributed by atoms with Crippen molar-refractivity contribution in [3.8, 4) is 0 Å². The van der Waals surface area contributed by atoms with Crippen molar-refractivity contribution in [3.05, 3.63) is 56.9 Å². The van der Waals surface area contributed by atoms with E-state index in [9.17, 15) is 9.59 Å². The van der Waals surface area contributed by atoms with Gasteiger partial charge in [0.05, 0.1) is 11.3 Å². The predicted molar refractivity (Wildman–Crippen MR) is 79.3 cm³/mol. The first-order chi connectivity index (χ1) is 9.09. The zero-order valence-corrected chi connectivity index (χ0v) is 12.2. The van der Waals surface area contributed by atoms with Crippen molar-refractivity contribution in [1.82, 2.24) is 4.98 Å². The van der Waals surface area contributed by atoms with Crippen molar-refractivity contribution < 1.29 is 9.59 Å². The van der Waals surface area contributed by atoms with E-state index in [0.29, 0.717) is 11.3 Å². The molecule has 2 aromatic rings. The van der Waals surface area contributed by atoms with Gasteiger partial charge in [-0.2, -0.15) is 0 Å². The summed E-state index contributed by atoms with van der Waals surface area (Å²) in [4.78, 5) is 29.9. The number of rotatable bonds is 1. The van der Waals surface area contributed by atoms with E-state index >= 15 is 0 Å². The van der Waals surface area contributed by atoms with Gasteiger partial charge in [0, 0.05) is 9.77 Å². The van der Waals surface area contributed by atoms with Crippen LogP contribution in [0.1, 0.15) is 26.4 Å².